The molecule has 0 saturated carbocycles. The van der Waals surface area contributed by atoms with Gasteiger partial charge in [-0.2, -0.15) is 0 Å². The van der Waals surface area contributed by atoms with Crippen molar-refractivity contribution in [2.24, 2.45) is 4.99 Å². The quantitative estimate of drug-likeness (QED) is 0.222. The lowest BCUT2D eigenvalue weighted by Gasteiger charge is -2.04. The van der Waals surface area contributed by atoms with Crippen LogP contribution in [0.15, 0.2) is 100 Å². The van der Waals surface area contributed by atoms with Gasteiger partial charge in [-0.15, -0.1) is 11.8 Å². The zero-order valence-electron chi connectivity index (χ0n) is 14.4. The Balaban J connectivity index is 1.73. The number of rotatable bonds is 6. The van der Waals surface area contributed by atoms with Gasteiger partial charge in [0, 0.05) is 20.7 Å². The summed E-state index contributed by atoms with van der Waals surface area (Å²) >= 11 is 15.4. The lowest BCUT2D eigenvalue weighted by atomic mass is 10.2. The van der Waals surface area contributed by atoms with Gasteiger partial charge >= 0.3 is 0 Å². The topological polar surface area (TPSA) is 12.4 Å². The lowest BCUT2D eigenvalue weighted by Crippen LogP contribution is -1.88. The summed E-state index contributed by atoms with van der Waals surface area (Å²) in [4.78, 5) is 5.76. The fourth-order valence-corrected chi connectivity index (χ4v) is 4.57. The van der Waals surface area contributed by atoms with Gasteiger partial charge in [0.25, 0.3) is 0 Å². The second-order valence-corrected chi connectivity index (χ2v) is 8.43. The van der Waals surface area contributed by atoms with Crippen molar-refractivity contribution in [1.29, 1.82) is 0 Å². The zero-order valence-corrected chi connectivity index (χ0v) is 17.5. The second-order valence-electron chi connectivity index (χ2n) is 5.59. The normalized spacial score (nSPS) is 11.9. The first-order valence-electron chi connectivity index (χ1n) is 8.29. The molecule has 0 spiro atoms. The van der Waals surface area contributed by atoms with Crippen LogP contribution in [-0.4, -0.2) is 5.04 Å². The van der Waals surface area contributed by atoms with Gasteiger partial charge in [0.05, 0.1) is 10.7 Å². The molecule has 0 aliphatic heterocycles. The minimum absolute atomic E-state index is 0.634. The van der Waals surface area contributed by atoms with Crippen LogP contribution >= 0.6 is 46.7 Å². The second kappa shape index (κ2) is 10.6. The van der Waals surface area contributed by atoms with Gasteiger partial charge in [-0.1, -0.05) is 83.5 Å². The van der Waals surface area contributed by atoms with Crippen LogP contribution < -0.4 is 0 Å². The molecule has 0 amide bonds. The molecular weight excluding hydrogens is 413 g/mol. The smallest absolute Gasteiger partial charge is 0.0975 e. The van der Waals surface area contributed by atoms with Gasteiger partial charge in [0.15, 0.2) is 0 Å². The summed E-state index contributed by atoms with van der Waals surface area (Å²) in [6, 6.07) is 25.9. The fourth-order valence-electron chi connectivity index (χ4n) is 2.25. The summed E-state index contributed by atoms with van der Waals surface area (Å²) in [6.45, 7) is 0. The summed E-state index contributed by atoms with van der Waals surface area (Å²) in [6.07, 6.45) is 2.03. The van der Waals surface area contributed by atoms with Gasteiger partial charge < -0.3 is 0 Å². The van der Waals surface area contributed by atoms with E-state index in [0.717, 1.165) is 21.4 Å². The molecule has 0 saturated heterocycles. The Morgan fingerprint density at radius 2 is 1.48 bits per heavy atom. The van der Waals surface area contributed by atoms with E-state index in [1.54, 1.807) is 29.6 Å². The average Bonchev–Trinajstić information content (AvgIpc) is 2.67. The third-order valence-electron chi connectivity index (χ3n) is 3.48. The van der Waals surface area contributed by atoms with Crippen molar-refractivity contribution >= 4 is 57.5 Å². The highest BCUT2D eigenvalue weighted by Gasteiger charge is 2.01. The third kappa shape index (κ3) is 7.11. The third-order valence-corrected chi connectivity index (χ3v) is 5.69. The van der Waals surface area contributed by atoms with Crippen LogP contribution in [-0.2, 0) is 5.75 Å². The monoisotopic (exact) mass is 429 g/mol. The van der Waals surface area contributed by atoms with Crippen molar-refractivity contribution in [1.82, 2.24) is 0 Å². The molecule has 1 nitrogen and oxygen atoms in total. The highest BCUT2D eigenvalue weighted by molar-refractivity contribution is 8.13. The molecule has 0 aliphatic rings. The number of para-hydroxylation sites is 1. The summed E-state index contributed by atoms with van der Waals surface area (Å²) in [5, 5.41) is 4.23. The number of thioether (sulfide) groups is 2. The summed E-state index contributed by atoms with van der Waals surface area (Å²) in [5.41, 5.74) is 2.21. The Bertz CT molecular complexity index is 905. The highest BCUT2D eigenvalue weighted by atomic mass is 35.5. The van der Waals surface area contributed by atoms with Gasteiger partial charge in [-0.25, -0.2) is 4.99 Å². The minimum atomic E-state index is 0.634. The van der Waals surface area contributed by atoms with Crippen LogP contribution in [0.2, 0.25) is 10.0 Å². The Hall–Kier alpha value is -1.65. The first-order valence-corrected chi connectivity index (χ1v) is 10.9. The predicted octanol–water partition coefficient (Wildman–Crippen LogP) is 8.26. The predicted molar refractivity (Wildman–Crippen MR) is 123 cm³/mol. The maximum atomic E-state index is 6.07. The molecule has 0 radical (unpaired) electrons. The average molecular weight is 430 g/mol. The van der Waals surface area contributed by atoms with E-state index in [-0.39, 0.29) is 0 Å². The van der Waals surface area contributed by atoms with Crippen molar-refractivity contribution in [3.8, 4) is 0 Å². The molecule has 3 aromatic rings. The molecule has 0 atom stereocenters. The van der Waals surface area contributed by atoms with Crippen LogP contribution in [0.5, 0.6) is 0 Å². The van der Waals surface area contributed by atoms with Crippen molar-refractivity contribution < 1.29 is 0 Å². The molecule has 27 heavy (non-hydrogen) atoms. The largest absolute Gasteiger partial charge is 0.242 e. The van der Waals surface area contributed by atoms with E-state index in [4.69, 9.17) is 28.2 Å². The maximum Gasteiger partial charge on any atom is 0.0975 e. The summed E-state index contributed by atoms with van der Waals surface area (Å²) < 4.78 is 0. The van der Waals surface area contributed by atoms with Gasteiger partial charge in [-0.3, -0.25) is 0 Å². The van der Waals surface area contributed by atoms with Crippen LogP contribution in [0, 0.1) is 0 Å². The molecule has 0 aromatic heterocycles. The van der Waals surface area contributed by atoms with E-state index in [0.29, 0.717) is 10.0 Å². The van der Waals surface area contributed by atoms with Crippen molar-refractivity contribution in [2.75, 3.05) is 0 Å². The van der Waals surface area contributed by atoms with E-state index in [1.807, 2.05) is 60.0 Å². The Kier molecular flexibility index (Phi) is 7.91. The number of benzene rings is 3. The molecule has 0 aliphatic carbocycles. The van der Waals surface area contributed by atoms with Crippen molar-refractivity contribution in [2.45, 2.75) is 10.6 Å². The van der Waals surface area contributed by atoms with Crippen molar-refractivity contribution in [3.63, 3.8) is 0 Å². The Morgan fingerprint density at radius 1 is 0.852 bits per heavy atom. The number of halogens is 2. The van der Waals surface area contributed by atoms with Crippen LogP contribution in [0.3, 0.4) is 0 Å². The number of aliphatic imine (C=N–C) groups is 1. The summed E-state index contributed by atoms with van der Waals surface area (Å²) in [5.74, 6) is 0.866. The standard InChI is InChI=1S/C22H17Cl2NS2/c23-18-13-19(24)15-21(14-18)26-12-11-22(25-20-9-5-2-6-10-20)27-16-17-7-3-1-4-8-17/h1-15H,16H2. The number of nitrogens with zero attached hydrogens (tertiary/aromatic N) is 1. The van der Waals surface area contributed by atoms with E-state index >= 15 is 0 Å². The lowest BCUT2D eigenvalue weighted by molar-refractivity contribution is 1.42. The molecule has 0 unspecified atom stereocenters. The Labute approximate surface area is 178 Å². The highest BCUT2D eigenvalue weighted by Crippen LogP contribution is 2.28. The molecule has 0 bridgehead atoms. The number of hydrogen-bond donors (Lipinski definition) is 0. The minimum Gasteiger partial charge on any atom is -0.242 e. The molecular formula is C22H17Cl2NS2. The van der Waals surface area contributed by atoms with Crippen LogP contribution in [0.4, 0.5) is 5.69 Å². The molecule has 136 valence electrons. The number of hydrogen-bond acceptors (Lipinski definition) is 3. The SMILES string of the molecule is Clc1cc(Cl)cc(SC=CC(=Nc2ccccc2)SCc2ccccc2)c1. The van der Waals surface area contributed by atoms with Gasteiger partial charge in [-0.05, 0) is 47.4 Å². The van der Waals surface area contributed by atoms with Crippen LogP contribution in [0.1, 0.15) is 5.56 Å². The maximum absolute atomic E-state index is 6.07. The molecule has 0 fully saturated rings. The first kappa shape index (κ1) is 20.1. The van der Waals surface area contributed by atoms with Crippen molar-refractivity contribution in [3.05, 3.63) is 106 Å². The molecule has 0 N–H and O–H groups in total. The van der Waals surface area contributed by atoms with Gasteiger partial charge in [0.1, 0.15) is 0 Å². The molecule has 5 heteroatoms. The van der Waals surface area contributed by atoms with E-state index in [2.05, 4.69) is 24.3 Å². The Morgan fingerprint density at radius 3 is 2.15 bits per heavy atom. The molecule has 3 rings (SSSR count). The molecule has 3 aromatic carbocycles. The molecule has 0 heterocycles. The van der Waals surface area contributed by atoms with Gasteiger partial charge in [0.2, 0.25) is 0 Å². The van der Waals surface area contributed by atoms with E-state index in [1.165, 1.54) is 5.56 Å². The first-order chi connectivity index (χ1) is 13.2. The van der Waals surface area contributed by atoms with E-state index < -0.39 is 0 Å². The van der Waals surface area contributed by atoms with Crippen LogP contribution in [0.25, 0.3) is 0 Å². The van der Waals surface area contributed by atoms with E-state index in [9.17, 15) is 0 Å². The zero-order chi connectivity index (χ0) is 18.9. The summed E-state index contributed by atoms with van der Waals surface area (Å²) in [7, 11) is 0. The fraction of sp³-hybridized carbons (Fsp3) is 0.0455.